The van der Waals surface area contributed by atoms with Gasteiger partial charge < -0.3 is 20.7 Å². The lowest BCUT2D eigenvalue weighted by molar-refractivity contribution is 0.0936. The number of ether oxygens (including phenoxy) is 1. The number of nitrogen functional groups attached to an aromatic ring is 1. The van der Waals surface area contributed by atoms with Crippen molar-refractivity contribution in [1.82, 2.24) is 10.2 Å². The second-order valence-electron chi connectivity index (χ2n) is 7.96. The van der Waals surface area contributed by atoms with Gasteiger partial charge in [-0.05, 0) is 43.5 Å². The summed E-state index contributed by atoms with van der Waals surface area (Å²) < 4.78 is 5.81. The van der Waals surface area contributed by atoms with Gasteiger partial charge in [-0.2, -0.15) is 0 Å². The lowest BCUT2D eigenvalue weighted by Crippen LogP contribution is -2.41. The van der Waals surface area contributed by atoms with Crippen LogP contribution in [0.25, 0.3) is 0 Å². The third-order valence-corrected chi connectivity index (χ3v) is 5.95. The Labute approximate surface area is 172 Å². The van der Waals surface area contributed by atoms with Crippen molar-refractivity contribution >= 4 is 17.3 Å². The van der Waals surface area contributed by atoms with Crippen LogP contribution in [0.15, 0.2) is 42.5 Å². The molecule has 0 bridgehead atoms. The summed E-state index contributed by atoms with van der Waals surface area (Å²) in [5.41, 5.74) is 9.39. The van der Waals surface area contributed by atoms with E-state index in [4.69, 9.17) is 10.5 Å². The Hall–Kier alpha value is -2.73. The minimum absolute atomic E-state index is 0.112. The van der Waals surface area contributed by atoms with Crippen molar-refractivity contribution in [3.63, 3.8) is 0 Å². The van der Waals surface area contributed by atoms with Gasteiger partial charge in [0.05, 0.1) is 17.8 Å². The average Bonchev–Trinajstić information content (AvgIpc) is 3.19. The van der Waals surface area contributed by atoms with Crippen LogP contribution in [0.5, 0.6) is 5.75 Å². The van der Waals surface area contributed by atoms with E-state index in [9.17, 15) is 4.79 Å². The summed E-state index contributed by atoms with van der Waals surface area (Å²) in [4.78, 5) is 17.5. The van der Waals surface area contributed by atoms with Crippen molar-refractivity contribution in [3.8, 4) is 5.75 Å². The maximum absolute atomic E-state index is 12.9. The number of nitrogens with two attached hydrogens (primary N) is 1. The fraction of sp³-hybridized carbons (Fsp3) is 0.435. The Morgan fingerprint density at radius 3 is 2.90 bits per heavy atom. The molecule has 6 heteroatoms. The van der Waals surface area contributed by atoms with E-state index in [-0.39, 0.29) is 5.91 Å². The minimum Gasteiger partial charge on any atom is -0.489 e. The number of nitrogens with zero attached hydrogens (tertiary/aromatic N) is 2. The number of hydrogen-bond donors (Lipinski definition) is 2. The molecule has 154 valence electrons. The standard InChI is InChI=1S/C23H30N4O2/c1-26-12-13-29-22-20(14-18(24)15-21(22)26)23(28)25-16-19-8-5-10-27(19)11-9-17-6-3-2-4-7-17/h2-4,6-7,14-15,19H,5,8-13,16,24H2,1H3,(H,25,28). The van der Waals surface area contributed by atoms with Crippen LogP contribution in [-0.2, 0) is 6.42 Å². The third kappa shape index (κ3) is 4.48. The second-order valence-corrected chi connectivity index (χ2v) is 7.96. The third-order valence-electron chi connectivity index (χ3n) is 5.95. The molecular formula is C23H30N4O2. The molecule has 1 unspecified atom stereocenters. The molecule has 0 saturated carbocycles. The maximum atomic E-state index is 12.9. The molecule has 4 rings (SSSR count). The largest absolute Gasteiger partial charge is 0.489 e. The van der Waals surface area contributed by atoms with E-state index in [1.165, 1.54) is 12.0 Å². The van der Waals surface area contributed by atoms with Crippen molar-refractivity contribution in [2.45, 2.75) is 25.3 Å². The maximum Gasteiger partial charge on any atom is 0.255 e. The summed E-state index contributed by atoms with van der Waals surface area (Å²) >= 11 is 0. The lowest BCUT2D eigenvalue weighted by Gasteiger charge is -2.29. The summed E-state index contributed by atoms with van der Waals surface area (Å²) in [6, 6.07) is 14.5. The van der Waals surface area contributed by atoms with Crippen LogP contribution in [0.2, 0.25) is 0 Å². The van der Waals surface area contributed by atoms with E-state index in [1.807, 2.05) is 19.2 Å². The molecule has 2 heterocycles. The second kappa shape index (κ2) is 8.74. The molecule has 6 nitrogen and oxygen atoms in total. The predicted molar refractivity (Wildman–Crippen MR) is 117 cm³/mol. The number of fused-ring (bicyclic) bond motifs is 1. The molecule has 0 spiro atoms. The van der Waals surface area contributed by atoms with Crippen molar-refractivity contribution in [3.05, 3.63) is 53.6 Å². The van der Waals surface area contributed by atoms with Gasteiger partial charge in [-0.15, -0.1) is 0 Å². The molecule has 2 aromatic rings. The number of anilines is 2. The Morgan fingerprint density at radius 2 is 2.07 bits per heavy atom. The number of likely N-dealkylation sites (N-methyl/N-ethyl adjacent to an activating group) is 1. The van der Waals surface area contributed by atoms with E-state index in [1.54, 1.807) is 6.07 Å². The summed E-state index contributed by atoms with van der Waals surface area (Å²) in [6.45, 7) is 4.12. The molecule has 29 heavy (non-hydrogen) atoms. The van der Waals surface area contributed by atoms with Gasteiger partial charge in [0, 0.05) is 31.9 Å². The highest BCUT2D eigenvalue weighted by Crippen LogP contribution is 2.36. The van der Waals surface area contributed by atoms with Gasteiger partial charge in [0.2, 0.25) is 0 Å². The van der Waals surface area contributed by atoms with Crippen LogP contribution in [0.1, 0.15) is 28.8 Å². The summed E-state index contributed by atoms with van der Waals surface area (Å²) in [5.74, 6) is 0.525. The number of carbonyl (C=O) groups excluding carboxylic acids is 1. The van der Waals surface area contributed by atoms with Crippen LogP contribution in [-0.4, -0.2) is 56.7 Å². The number of hydrogen-bond acceptors (Lipinski definition) is 5. The highest BCUT2D eigenvalue weighted by molar-refractivity contribution is 6.00. The van der Waals surface area contributed by atoms with Crippen LogP contribution in [0.3, 0.4) is 0 Å². The van der Waals surface area contributed by atoms with Gasteiger partial charge in [0.25, 0.3) is 5.91 Å². The molecule has 1 fully saturated rings. The van der Waals surface area contributed by atoms with E-state index in [2.05, 4.69) is 39.4 Å². The molecule has 0 aliphatic carbocycles. The van der Waals surface area contributed by atoms with Crippen molar-refractivity contribution < 1.29 is 9.53 Å². The SMILES string of the molecule is CN1CCOc2c(C(=O)NCC3CCCN3CCc3ccccc3)cc(N)cc21. The fourth-order valence-electron chi connectivity index (χ4n) is 4.29. The van der Waals surface area contributed by atoms with Gasteiger partial charge in [-0.1, -0.05) is 30.3 Å². The van der Waals surface area contributed by atoms with E-state index in [0.29, 0.717) is 36.2 Å². The number of benzene rings is 2. The zero-order chi connectivity index (χ0) is 20.2. The molecule has 1 atom stereocenters. The zero-order valence-corrected chi connectivity index (χ0v) is 17.1. The molecular weight excluding hydrogens is 364 g/mol. The molecule has 0 radical (unpaired) electrons. The number of carbonyl (C=O) groups is 1. The Kier molecular flexibility index (Phi) is 5.90. The average molecular weight is 395 g/mol. The molecule has 2 aliphatic heterocycles. The van der Waals surface area contributed by atoms with Gasteiger partial charge in [-0.3, -0.25) is 9.69 Å². The van der Waals surface area contributed by atoms with Gasteiger partial charge in [0.15, 0.2) is 5.75 Å². The van der Waals surface area contributed by atoms with E-state index in [0.717, 1.165) is 38.2 Å². The fourth-order valence-corrected chi connectivity index (χ4v) is 4.29. The zero-order valence-electron chi connectivity index (χ0n) is 17.1. The molecule has 1 amide bonds. The lowest BCUT2D eigenvalue weighted by atomic mass is 10.1. The van der Waals surface area contributed by atoms with E-state index < -0.39 is 0 Å². The molecule has 0 aromatic heterocycles. The predicted octanol–water partition coefficient (Wildman–Crippen LogP) is 2.53. The number of nitrogens with one attached hydrogen (secondary N) is 1. The van der Waals surface area contributed by atoms with Crippen molar-refractivity contribution in [2.75, 3.05) is 50.5 Å². The van der Waals surface area contributed by atoms with Gasteiger partial charge >= 0.3 is 0 Å². The topological polar surface area (TPSA) is 70.8 Å². The summed E-state index contributed by atoms with van der Waals surface area (Å²) in [6.07, 6.45) is 3.33. The molecule has 1 saturated heterocycles. The van der Waals surface area contributed by atoms with Crippen molar-refractivity contribution in [1.29, 1.82) is 0 Å². The van der Waals surface area contributed by atoms with Crippen molar-refractivity contribution in [2.24, 2.45) is 0 Å². The van der Waals surface area contributed by atoms with Gasteiger partial charge in [0.1, 0.15) is 6.61 Å². The normalized spacial score (nSPS) is 18.9. The first-order chi connectivity index (χ1) is 14.1. The minimum atomic E-state index is -0.112. The van der Waals surface area contributed by atoms with Crippen LogP contribution >= 0.6 is 0 Å². The molecule has 2 aliphatic rings. The first kappa shape index (κ1) is 19.6. The van der Waals surface area contributed by atoms with Crippen LogP contribution < -0.4 is 20.7 Å². The smallest absolute Gasteiger partial charge is 0.255 e. The monoisotopic (exact) mass is 394 g/mol. The van der Waals surface area contributed by atoms with E-state index >= 15 is 0 Å². The Morgan fingerprint density at radius 1 is 1.24 bits per heavy atom. The summed E-state index contributed by atoms with van der Waals surface area (Å²) in [5, 5.41) is 3.13. The first-order valence-electron chi connectivity index (χ1n) is 10.5. The van der Waals surface area contributed by atoms with Crippen LogP contribution in [0.4, 0.5) is 11.4 Å². The summed E-state index contributed by atoms with van der Waals surface area (Å²) in [7, 11) is 1.99. The highest BCUT2D eigenvalue weighted by atomic mass is 16.5. The first-order valence-corrected chi connectivity index (χ1v) is 10.5. The number of rotatable bonds is 6. The molecule has 2 aromatic carbocycles. The van der Waals surface area contributed by atoms with Gasteiger partial charge in [-0.25, -0.2) is 0 Å². The number of likely N-dealkylation sites (tertiary alicyclic amines) is 1. The number of amides is 1. The Balaban J connectivity index is 1.38. The Bertz CT molecular complexity index is 855. The quantitative estimate of drug-likeness (QED) is 0.737. The molecule has 3 N–H and O–H groups in total. The van der Waals surface area contributed by atoms with Crippen LogP contribution in [0, 0.1) is 0 Å². The highest BCUT2D eigenvalue weighted by Gasteiger charge is 2.27.